The van der Waals surface area contributed by atoms with Crippen LogP contribution in [0.25, 0.3) is 5.57 Å². The van der Waals surface area contributed by atoms with Crippen molar-refractivity contribution >= 4 is 5.57 Å². The predicted molar refractivity (Wildman–Crippen MR) is 56.7 cm³/mol. The summed E-state index contributed by atoms with van der Waals surface area (Å²) in [5.41, 5.74) is 7.05. The van der Waals surface area contributed by atoms with Gasteiger partial charge in [-0.3, -0.25) is 0 Å². The molecule has 0 saturated heterocycles. The fraction of sp³-hybridized carbons (Fsp3) is 0.500. The fourth-order valence-electron chi connectivity index (χ4n) is 1.76. The average molecular weight is 192 g/mol. The third-order valence-corrected chi connectivity index (χ3v) is 2.45. The van der Waals surface area contributed by atoms with Crippen molar-refractivity contribution in [1.29, 1.82) is 0 Å². The molecule has 0 amide bonds. The lowest BCUT2D eigenvalue weighted by Gasteiger charge is -2.19. The highest BCUT2D eigenvalue weighted by Gasteiger charge is 2.13. The number of aromatic nitrogens is 2. The molecule has 0 aromatic carbocycles. The van der Waals surface area contributed by atoms with E-state index in [1.165, 1.54) is 5.57 Å². The largest absolute Gasteiger partial charge is 0.332 e. The van der Waals surface area contributed by atoms with E-state index in [1.54, 1.807) is 0 Å². The van der Waals surface area contributed by atoms with Crippen molar-refractivity contribution in [2.75, 3.05) is 13.1 Å². The van der Waals surface area contributed by atoms with Crippen molar-refractivity contribution in [2.45, 2.75) is 19.5 Å². The number of hydrogen-bond acceptors (Lipinski definition) is 3. The van der Waals surface area contributed by atoms with Gasteiger partial charge in [-0.25, -0.2) is 4.98 Å². The van der Waals surface area contributed by atoms with Gasteiger partial charge in [0.2, 0.25) is 0 Å². The smallest absolute Gasteiger partial charge is 0.136 e. The van der Waals surface area contributed by atoms with E-state index in [9.17, 15) is 0 Å². The minimum absolute atomic E-state index is 0.112. The number of nitrogens with two attached hydrogens (primary N) is 1. The van der Waals surface area contributed by atoms with E-state index in [0.717, 1.165) is 25.5 Å². The molecule has 4 heteroatoms. The van der Waals surface area contributed by atoms with Gasteiger partial charge in [0.1, 0.15) is 5.82 Å². The number of nitrogens with zero attached hydrogens (tertiary/aromatic N) is 2. The minimum atomic E-state index is 0.112. The summed E-state index contributed by atoms with van der Waals surface area (Å²) in [5, 5.41) is 3.28. The first-order chi connectivity index (χ1) is 6.81. The molecule has 0 saturated carbocycles. The monoisotopic (exact) mass is 192 g/mol. The molecule has 1 aromatic heterocycles. The van der Waals surface area contributed by atoms with Crippen molar-refractivity contribution in [1.82, 2.24) is 14.9 Å². The van der Waals surface area contributed by atoms with Crippen LogP contribution in [-0.4, -0.2) is 28.7 Å². The number of hydrogen-bond donors (Lipinski definition) is 2. The molecule has 0 fully saturated rings. The zero-order valence-electron chi connectivity index (χ0n) is 8.40. The van der Waals surface area contributed by atoms with E-state index in [4.69, 9.17) is 5.73 Å². The van der Waals surface area contributed by atoms with E-state index >= 15 is 0 Å². The highest BCUT2D eigenvalue weighted by Crippen LogP contribution is 2.14. The van der Waals surface area contributed by atoms with Crippen molar-refractivity contribution in [3.63, 3.8) is 0 Å². The molecule has 1 aliphatic rings. The molecule has 2 rings (SSSR count). The third kappa shape index (κ3) is 1.71. The first kappa shape index (κ1) is 9.43. The van der Waals surface area contributed by atoms with Gasteiger partial charge < -0.3 is 15.6 Å². The minimum Gasteiger partial charge on any atom is -0.332 e. The Morgan fingerprint density at radius 2 is 2.57 bits per heavy atom. The molecule has 76 valence electrons. The lowest BCUT2D eigenvalue weighted by molar-refractivity contribution is 0.652. The Balaban J connectivity index is 2.29. The van der Waals surface area contributed by atoms with Crippen LogP contribution in [0, 0.1) is 0 Å². The molecule has 2 heterocycles. The molecular weight excluding hydrogens is 176 g/mol. The molecule has 4 nitrogen and oxygen atoms in total. The van der Waals surface area contributed by atoms with Crippen molar-refractivity contribution in [3.8, 4) is 0 Å². The molecule has 0 spiro atoms. The van der Waals surface area contributed by atoms with Gasteiger partial charge >= 0.3 is 0 Å². The summed E-state index contributed by atoms with van der Waals surface area (Å²) in [5.74, 6) is 1.04. The molecule has 14 heavy (non-hydrogen) atoms. The molecule has 1 unspecified atom stereocenters. The zero-order valence-corrected chi connectivity index (χ0v) is 8.40. The molecule has 0 radical (unpaired) electrons. The zero-order chi connectivity index (χ0) is 9.97. The second kappa shape index (κ2) is 3.94. The molecule has 1 atom stereocenters. The third-order valence-electron chi connectivity index (χ3n) is 2.45. The van der Waals surface area contributed by atoms with E-state index in [-0.39, 0.29) is 6.04 Å². The quantitative estimate of drug-likeness (QED) is 0.704. The van der Waals surface area contributed by atoms with Gasteiger partial charge in [0, 0.05) is 43.6 Å². The summed E-state index contributed by atoms with van der Waals surface area (Å²) in [4.78, 5) is 4.34. The molecule has 0 bridgehead atoms. The molecule has 3 N–H and O–H groups in total. The van der Waals surface area contributed by atoms with E-state index in [2.05, 4.69) is 27.9 Å². The van der Waals surface area contributed by atoms with E-state index in [0.29, 0.717) is 0 Å². The van der Waals surface area contributed by atoms with Crippen LogP contribution < -0.4 is 11.1 Å². The Morgan fingerprint density at radius 3 is 3.29 bits per heavy atom. The lowest BCUT2D eigenvalue weighted by Crippen LogP contribution is -2.37. The van der Waals surface area contributed by atoms with Crippen LogP contribution in [0.1, 0.15) is 12.7 Å². The maximum Gasteiger partial charge on any atom is 0.136 e. The van der Waals surface area contributed by atoms with Gasteiger partial charge in [-0.2, -0.15) is 0 Å². The first-order valence-corrected chi connectivity index (χ1v) is 4.99. The Morgan fingerprint density at radius 1 is 1.71 bits per heavy atom. The van der Waals surface area contributed by atoms with Gasteiger partial charge in [0.25, 0.3) is 0 Å². The van der Waals surface area contributed by atoms with Crippen molar-refractivity contribution < 1.29 is 0 Å². The number of rotatable bonds is 2. The van der Waals surface area contributed by atoms with Crippen LogP contribution in [0.4, 0.5) is 0 Å². The highest BCUT2D eigenvalue weighted by atomic mass is 15.1. The number of imidazole rings is 1. The standard InChI is InChI=1S/C10H16N4/c1-2-14-4-3-13-10(14)8-5-9(11)7-12-6-8/h3-5,9,12H,2,6-7,11H2,1H3. The maximum atomic E-state index is 5.85. The SMILES string of the molecule is CCn1ccnc1C1=CC(N)CNC1. The normalized spacial score (nSPS) is 22.1. The summed E-state index contributed by atoms with van der Waals surface area (Å²) >= 11 is 0. The van der Waals surface area contributed by atoms with Gasteiger partial charge in [-0.15, -0.1) is 0 Å². The van der Waals surface area contributed by atoms with Gasteiger partial charge in [-0.05, 0) is 6.92 Å². The van der Waals surface area contributed by atoms with Crippen LogP contribution in [0.2, 0.25) is 0 Å². The molecule has 1 aliphatic heterocycles. The van der Waals surface area contributed by atoms with Crippen LogP contribution in [0.3, 0.4) is 0 Å². The Bertz CT molecular complexity index is 340. The molecular formula is C10H16N4. The highest BCUT2D eigenvalue weighted by molar-refractivity contribution is 5.63. The molecule has 1 aromatic rings. The Hall–Kier alpha value is -1.13. The summed E-state index contributed by atoms with van der Waals surface area (Å²) in [6.07, 6.45) is 5.93. The summed E-state index contributed by atoms with van der Waals surface area (Å²) in [7, 11) is 0. The lowest BCUT2D eigenvalue weighted by atomic mass is 10.1. The van der Waals surface area contributed by atoms with Crippen LogP contribution in [0.5, 0.6) is 0 Å². The maximum absolute atomic E-state index is 5.85. The Kier molecular flexibility index (Phi) is 2.65. The first-order valence-electron chi connectivity index (χ1n) is 4.99. The predicted octanol–water partition coefficient (Wildman–Crippen LogP) is 0.217. The van der Waals surface area contributed by atoms with Crippen molar-refractivity contribution in [3.05, 3.63) is 24.3 Å². The Labute approximate surface area is 83.8 Å². The topological polar surface area (TPSA) is 55.9 Å². The van der Waals surface area contributed by atoms with Gasteiger partial charge in [-0.1, -0.05) is 6.08 Å². The summed E-state index contributed by atoms with van der Waals surface area (Å²) < 4.78 is 2.13. The summed E-state index contributed by atoms with van der Waals surface area (Å²) in [6.45, 7) is 4.78. The fourth-order valence-corrected chi connectivity index (χ4v) is 1.76. The van der Waals surface area contributed by atoms with Crippen LogP contribution in [0.15, 0.2) is 18.5 Å². The average Bonchev–Trinajstić information content (AvgIpc) is 2.65. The van der Waals surface area contributed by atoms with Crippen molar-refractivity contribution in [2.24, 2.45) is 5.73 Å². The second-order valence-corrected chi connectivity index (χ2v) is 3.52. The molecule has 0 aliphatic carbocycles. The number of nitrogens with one attached hydrogen (secondary N) is 1. The summed E-state index contributed by atoms with van der Waals surface area (Å²) in [6, 6.07) is 0.112. The van der Waals surface area contributed by atoms with E-state index in [1.807, 2.05) is 12.4 Å². The van der Waals surface area contributed by atoms with Crippen LogP contribution in [-0.2, 0) is 6.54 Å². The van der Waals surface area contributed by atoms with Gasteiger partial charge in [0.05, 0.1) is 0 Å². The number of aryl methyl sites for hydroxylation is 1. The van der Waals surface area contributed by atoms with E-state index < -0.39 is 0 Å². The van der Waals surface area contributed by atoms with Gasteiger partial charge in [0.15, 0.2) is 0 Å². The second-order valence-electron chi connectivity index (χ2n) is 3.52. The van der Waals surface area contributed by atoms with Crippen LogP contribution >= 0.6 is 0 Å².